The molecule has 0 aliphatic carbocycles. The Morgan fingerprint density at radius 1 is 1.38 bits per heavy atom. The van der Waals surface area contributed by atoms with Crippen molar-refractivity contribution in [3.8, 4) is 0 Å². The summed E-state index contributed by atoms with van der Waals surface area (Å²) >= 11 is 13.6. The van der Waals surface area contributed by atoms with Crippen LogP contribution in [0.15, 0.2) is 18.2 Å². The van der Waals surface area contributed by atoms with E-state index in [-0.39, 0.29) is 11.2 Å². The van der Waals surface area contributed by atoms with E-state index in [1.807, 2.05) is 0 Å². The summed E-state index contributed by atoms with van der Waals surface area (Å²) in [6.45, 7) is 0. The second-order valence-corrected chi connectivity index (χ2v) is 5.71. The van der Waals surface area contributed by atoms with Gasteiger partial charge in [0.1, 0.15) is 0 Å². The fourth-order valence-electron chi connectivity index (χ4n) is 1.61. The normalized spacial score (nSPS) is 19.8. The number of amides is 1. The van der Waals surface area contributed by atoms with Crippen LogP contribution in [0.3, 0.4) is 0 Å². The summed E-state index contributed by atoms with van der Waals surface area (Å²) in [5, 5.41) is 3.78. The van der Waals surface area contributed by atoms with Crippen LogP contribution >= 0.6 is 35.0 Å². The van der Waals surface area contributed by atoms with Crippen LogP contribution in [-0.4, -0.2) is 16.9 Å². The predicted octanol–water partition coefficient (Wildman–Crippen LogP) is 3.83. The molecule has 1 aliphatic heterocycles. The monoisotopic (exact) mass is 275 g/mol. The van der Waals surface area contributed by atoms with E-state index in [1.165, 1.54) is 0 Å². The highest BCUT2D eigenvalue weighted by molar-refractivity contribution is 8.00. The summed E-state index contributed by atoms with van der Waals surface area (Å²) in [6, 6.07) is 5.18. The van der Waals surface area contributed by atoms with Gasteiger partial charge in [0.25, 0.3) is 0 Å². The van der Waals surface area contributed by atoms with Crippen molar-refractivity contribution in [2.45, 2.75) is 18.1 Å². The van der Waals surface area contributed by atoms with Gasteiger partial charge in [-0.15, -0.1) is 11.8 Å². The van der Waals surface area contributed by atoms with Gasteiger partial charge in [-0.2, -0.15) is 0 Å². The van der Waals surface area contributed by atoms with Gasteiger partial charge >= 0.3 is 0 Å². The molecular weight excluding hydrogens is 265 g/mol. The first-order valence-electron chi connectivity index (χ1n) is 5.05. The van der Waals surface area contributed by atoms with Gasteiger partial charge in [0.15, 0.2) is 0 Å². The van der Waals surface area contributed by atoms with E-state index in [4.69, 9.17) is 23.2 Å². The Kier molecular flexibility index (Phi) is 4.00. The predicted molar refractivity (Wildman–Crippen MR) is 70.6 cm³/mol. The lowest BCUT2D eigenvalue weighted by molar-refractivity contribution is -0.115. The maximum atomic E-state index is 11.9. The van der Waals surface area contributed by atoms with Crippen molar-refractivity contribution < 1.29 is 4.79 Å². The third kappa shape index (κ3) is 2.65. The molecule has 0 spiro atoms. The molecule has 1 fully saturated rings. The maximum absolute atomic E-state index is 11.9. The first-order valence-corrected chi connectivity index (χ1v) is 6.85. The topological polar surface area (TPSA) is 29.1 Å². The molecule has 0 radical (unpaired) electrons. The molecule has 2 nitrogen and oxygen atoms in total. The van der Waals surface area contributed by atoms with Crippen molar-refractivity contribution in [1.82, 2.24) is 0 Å². The summed E-state index contributed by atoms with van der Waals surface area (Å²) in [5.74, 6) is 1.05. The van der Waals surface area contributed by atoms with E-state index in [1.54, 1.807) is 30.0 Å². The minimum absolute atomic E-state index is 0.00231. The molecular formula is C11H11Cl2NOS. The van der Waals surface area contributed by atoms with Crippen molar-refractivity contribution in [3.63, 3.8) is 0 Å². The van der Waals surface area contributed by atoms with E-state index in [9.17, 15) is 4.79 Å². The summed E-state index contributed by atoms with van der Waals surface area (Å²) in [5.41, 5.74) is 0.517. The minimum atomic E-state index is -0.00231. The number of para-hydroxylation sites is 1. The molecule has 0 bridgehead atoms. The Labute approximate surface area is 109 Å². The smallest absolute Gasteiger partial charge is 0.237 e. The second kappa shape index (κ2) is 5.30. The molecule has 1 aromatic carbocycles. The van der Waals surface area contributed by atoms with Gasteiger partial charge in [-0.3, -0.25) is 4.79 Å². The van der Waals surface area contributed by atoms with E-state index in [0.717, 1.165) is 18.6 Å². The van der Waals surface area contributed by atoms with Crippen LogP contribution in [-0.2, 0) is 4.79 Å². The third-order valence-electron chi connectivity index (χ3n) is 2.43. The Morgan fingerprint density at radius 2 is 2.06 bits per heavy atom. The highest BCUT2D eigenvalue weighted by Crippen LogP contribution is 2.32. The molecule has 1 aliphatic rings. The van der Waals surface area contributed by atoms with E-state index in [0.29, 0.717) is 15.7 Å². The molecule has 86 valence electrons. The molecule has 1 unspecified atom stereocenters. The lowest BCUT2D eigenvalue weighted by atomic mass is 10.2. The van der Waals surface area contributed by atoms with Gasteiger partial charge in [0.2, 0.25) is 5.91 Å². The average molecular weight is 276 g/mol. The Bertz CT molecular complexity index is 385. The fourth-order valence-corrected chi connectivity index (χ4v) is 3.26. The van der Waals surface area contributed by atoms with Gasteiger partial charge in [-0.25, -0.2) is 0 Å². The lowest BCUT2D eigenvalue weighted by Gasteiger charge is -2.12. The number of halogens is 2. The number of carbonyl (C=O) groups is 1. The molecule has 16 heavy (non-hydrogen) atoms. The first-order chi connectivity index (χ1) is 7.68. The summed E-state index contributed by atoms with van der Waals surface area (Å²) < 4.78 is 0. The molecule has 1 saturated heterocycles. The zero-order valence-corrected chi connectivity index (χ0v) is 10.8. The molecule has 1 atom stereocenters. The maximum Gasteiger partial charge on any atom is 0.237 e. The van der Waals surface area contributed by atoms with Crippen molar-refractivity contribution >= 4 is 46.6 Å². The van der Waals surface area contributed by atoms with Crippen molar-refractivity contribution in [3.05, 3.63) is 28.2 Å². The Morgan fingerprint density at radius 3 is 2.62 bits per heavy atom. The van der Waals surface area contributed by atoms with Gasteiger partial charge in [-0.05, 0) is 30.7 Å². The zero-order valence-electron chi connectivity index (χ0n) is 8.50. The van der Waals surface area contributed by atoms with Crippen LogP contribution in [0.2, 0.25) is 10.0 Å². The van der Waals surface area contributed by atoms with Crippen molar-refractivity contribution in [1.29, 1.82) is 0 Å². The van der Waals surface area contributed by atoms with Crippen molar-refractivity contribution in [2.75, 3.05) is 11.1 Å². The molecule has 0 aromatic heterocycles. The van der Waals surface area contributed by atoms with Crippen LogP contribution in [0, 0.1) is 0 Å². The molecule has 1 N–H and O–H groups in total. The van der Waals surface area contributed by atoms with Crippen LogP contribution in [0.25, 0.3) is 0 Å². The van der Waals surface area contributed by atoms with Gasteiger partial charge in [0.05, 0.1) is 21.0 Å². The highest BCUT2D eigenvalue weighted by atomic mass is 35.5. The highest BCUT2D eigenvalue weighted by Gasteiger charge is 2.24. The Balaban J connectivity index is 2.11. The summed E-state index contributed by atoms with van der Waals surface area (Å²) in [7, 11) is 0. The molecule has 1 aromatic rings. The van der Waals surface area contributed by atoms with Gasteiger partial charge in [-0.1, -0.05) is 29.3 Å². The quantitative estimate of drug-likeness (QED) is 0.889. The standard InChI is InChI=1S/C11H11Cl2NOS/c12-7-3-1-4-8(13)10(7)14-11(15)9-5-2-6-16-9/h1,3-4,9H,2,5-6H2,(H,14,15). The molecule has 5 heteroatoms. The van der Waals surface area contributed by atoms with E-state index in [2.05, 4.69) is 5.32 Å². The number of anilines is 1. The average Bonchev–Trinajstić information content (AvgIpc) is 2.76. The van der Waals surface area contributed by atoms with Crippen LogP contribution in [0.5, 0.6) is 0 Å². The van der Waals surface area contributed by atoms with Crippen LogP contribution in [0.4, 0.5) is 5.69 Å². The zero-order chi connectivity index (χ0) is 11.5. The number of nitrogens with one attached hydrogen (secondary N) is 1. The molecule has 0 saturated carbocycles. The Hall–Kier alpha value is -0.380. The van der Waals surface area contributed by atoms with Crippen LogP contribution in [0.1, 0.15) is 12.8 Å². The van der Waals surface area contributed by atoms with Crippen LogP contribution < -0.4 is 5.32 Å². The number of rotatable bonds is 2. The number of thioether (sulfide) groups is 1. The fraction of sp³-hybridized carbons (Fsp3) is 0.364. The molecule has 2 rings (SSSR count). The minimum Gasteiger partial charge on any atom is -0.323 e. The summed E-state index contributed by atoms with van der Waals surface area (Å²) in [6.07, 6.45) is 2.03. The molecule has 1 heterocycles. The lowest BCUT2D eigenvalue weighted by Crippen LogP contribution is -2.23. The number of carbonyl (C=O) groups excluding carboxylic acids is 1. The van der Waals surface area contributed by atoms with Gasteiger partial charge < -0.3 is 5.32 Å². The van der Waals surface area contributed by atoms with Crippen molar-refractivity contribution in [2.24, 2.45) is 0 Å². The molecule has 1 amide bonds. The number of benzene rings is 1. The number of hydrogen-bond donors (Lipinski definition) is 1. The summed E-state index contributed by atoms with van der Waals surface area (Å²) in [4.78, 5) is 11.9. The second-order valence-electron chi connectivity index (χ2n) is 3.59. The number of hydrogen-bond acceptors (Lipinski definition) is 2. The SMILES string of the molecule is O=C(Nc1c(Cl)cccc1Cl)C1CCCS1. The van der Waals surface area contributed by atoms with E-state index < -0.39 is 0 Å². The third-order valence-corrected chi connectivity index (χ3v) is 4.44. The van der Waals surface area contributed by atoms with E-state index >= 15 is 0 Å². The van der Waals surface area contributed by atoms with Gasteiger partial charge in [0, 0.05) is 0 Å². The largest absolute Gasteiger partial charge is 0.323 e. The first kappa shape index (κ1) is 12.1.